The largest absolute Gasteiger partial charge is 0.484 e. The van der Waals surface area contributed by atoms with Gasteiger partial charge in [0, 0.05) is 11.6 Å². The third-order valence-electron chi connectivity index (χ3n) is 5.19. The van der Waals surface area contributed by atoms with Gasteiger partial charge in [-0.15, -0.1) is 0 Å². The monoisotopic (exact) mass is 439 g/mol. The maximum atomic E-state index is 12.6. The lowest BCUT2D eigenvalue weighted by Gasteiger charge is -2.14. The van der Waals surface area contributed by atoms with Crippen LogP contribution in [-0.4, -0.2) is 42.2 Å². The van der Waals surface area contributed by atoms with Gasteiger partial charge in [0.15, 0.2) is 16.4 Å². The number of carbonyl (C=O) groups excluding carboxylic acids is 1. The Morgan fingerprint density at radius 2 is 1.84 bits per heavy atom. The van der Waals surface area contributed by atoms with E-state index in [0.29, 0.717) is 23.7 Å². The molecule has 0 bridgehead atoms. The predicted molar refractivity (Wildman–Crippen MR) is 120 cm³/mol. The van der Waals surface area contributed by atoms with Crippen molar-refractivity contribution in [2.45, 2.75) is 26.3 Å². The highest BCUT2D eigenvalue weighted by molar-refractivity contribution is 7.91. The first kappa shape index (κ1) is 21.1. The molecule has 2 heterocycles. The van der Waals surface area contributed by atoms with Crippen molar-refractivity contribution in [2.75, 3.05) is 23.4 Å². The van der Waals surface area contributed by atoms with Crippen molar-refractivity contribution in [3.8, 4) is 17.0 Å². The average Bonchev–Trinajstić information content (AvgIpc) is 3.29. The second-order valence-corrected chi connectivity index (χ2v) is 10.2. The first-order valence-electron chi connectivity index (χ1n) is 10.2. The molecule has 7 nitrogen and oxygen atoms in total. The number of sulfone groups is 1. The maximum Gasteiger partial charge on any atom is 0.263 e. The van der Waals surface area contributed by atoms with E-state index >= 15 is 0 Å². The summed E-state index contributed by atoms with van der Waals surface area (Å²) in [6.45, 7) is 3.79. The van der Waals surface area contributed by atoms with Gasteiger partial charge in [0.05, 0.1) is 23.2 Å². The van der Waals surface area contributed by atoms with Gasteiger partial charge in [0.2, 0.25) is 0 Å². The van der Waals surface area contributed by atoms with Crippen LogP contribution in [0.5, 0.6) is 5.75 Å². The second kappa shape index (κ2) is 8.55. The van der Waals surface area contributed by atoms with E-state index in [4.69, 9.17) is 4.74 Å². The Morgan fingerprint density at radius 3 is 2.48 bits per heavy atom. The minimum atomic E-state index is -3.10. The van der Waals surface area contributed by atoms with Crippen LogP contribution < -0.4 is 10.1 Å². The number of hydrogen-bond acceptors (Lipinski definition) is 5. The number of carbonyl (C=O) groups is 1. The lowest BCUT2D eigenvalue weighted by Crippen LogP contribution is -2.23. The number of aryl methyl sites for hydroxylation is 2. The summed E-state index contributed by atoms with van der Waals surface area (Å²) in [4.78, 5) is 12.6. The van der Waals surface area contributed by atoms with E-state index in [9.17, 15) is 13.2 Å². The smallest absolute Gasteiger partial charge is 0.263 e. The average molecular weight is 440 g/mol. The number of amides is 1. The molecule has 1 amide bonds. The first-order valence-corrected chi connectivity index (χ1v) is 12.0. The van der Waals surface area contributed by atoms with E-state index in [1.165, 1.54) is 0 Å². The van der Waals surface area contributed by atoms with Gasteiger partial charge < -0.3 is 10.1 Å². The SMILES string of the molecule is Cc1cc(C)cc(OCC(=O)Nc2cc(-c3ccccc3)nn2[C@H]2CCS(=O)(=O)C2)c1. The number of nitrogens with one attached hydrogen (secondary N) is 1. The number of hydrogen-bond donors (Lipinski definition) is 1. The van der Waals surface area contributed by atoms with Crippen LogP contribution in [0, 0.1) is 13.8 Å². The lowest BCUT2D eigenvalue weighted by atomic mass is 10.1. The molecule has 4 rings (SSSR count). The van der Waals surface area contributed by atoms with Crippen molar-refractivity contribution in [1.82, 2.24) is 9.78 Å². The van der Waals surface area contributed by atoms with E-state index in [1.807, 2.05) is 62.4 Å². The number of nitrogens with zero attached hydrogens (tertiary/aromatic N) is 2. The van der Waals surface area contributed by atoms with E-state index in [2.05, 4.69) is 10.4 Å². The minimum Gasteiger partial charge on any atom is -0.484 e. The van der Waals surface area contributed by atoms with Crippen LogP contribution >= 0.6 is 0 Å². The molecule has 3 aromatic rings. The molecule has 1 N–H and O–H groups in total. The third kappa shape index (κ3) is 5.14. The number of benzene rings is 2. The number of anilines is 1. The van der Waals surface area contributed by atoms with Gasteiger partial charge in [0.1, 0.15) is 11.6 Å². The van der Waals surface area contributed by atoms with Crippen molar-refractivity contribution < 1.29 is 17.9 Å². The van der Waals surface area contributed by atoms with Crippen LogP contribution in [0.4, 0.5) is 5.82 Å². The molecule has 0 spiro atoms. The highest BCUT2D eigenvalue weighted by Crippen LogP contribution is 2.30. The van der Waals surface area contributed by atoms with Crippen molar-refractivity contribution in [1.29, 1.82) is 0 Å². The zero-order valence-corrected chi connectivity index (χ0v) is 18.4. The quantitative estimate of drug-likeness (QED) is 0.634. The van der Waals surface area contributed by atoms with Gasteiger partial charge >= 0.3 is 0 Å². The summed E-state index contributed by atoms with van der Waals surface area (Å²) >= 11 is 0. The van der Waals surface area contributed by atoms with Gasteiger partial charge in [-0.3, -0.25) is 4.79 Å². The van der Waals surface area contributed by atoms with E-state index in [0.717, 1.165) is 16.7 Å². The van der Waals surface area contributed by atoms with Crippen LogP contribution in [0.15, 0.2) is 54.6 Å². The van der Waals surface area contributed by atoms with E-state index in [-0.39, 0.29) is 30.1 Å². The normalized spacial score (nSPS) is 17.4. The molecule has 0 aliphatic carbocycles. The zero-order chi connectivity index (χ0) is 22.0. The van der Waals surface area contributed by atoms with Gasteiger partial charge in [0.25, 0.3) is 5.91 Å². The fraction of sp³-hybridized carbons (Fsp3) is 0.304. The molecule has 31 heavy (non-hydrogen) atoms. The Balaban J connectivity index is 1.54. The summed E-state index contributed by atoms with van der Waals surface area (Å²) in [7, 11) is -3.10. The number of aromatic nitrogens is 2. The summed E-state index contributed by atoms with van der Waals surface area (Å²) in [5, 5.41) is 7.47. The zero-order valence-electron chi connectivity index (χ0n) is 17.5. The molecule has 0 radical (unpaired) electrons. The summed E-state index contributed by atoms with van der Waals surface area (Å²) in [5.41, 5.74) is 3.69. The Kier molecular flexibility index (Phi) is 5.82. The van der Waals surface area contributed by atoms with Crippen molar-refractivity contribution in [3.05, 3.63) is 65.7 Å². The van der Waals surface area contributed by atoms with E-state index < -0.39 is 9.84 Å². The first-order chi connectivity index (χ1) is 14.8. The summed E-state index contributed by atoms with van der Waals surface area (Å²) in [6.07, 6.45) is 0.472. The molecule has 1 saturated heterocycles. The molecule has 0 saturated carbocycles. The minimum absolute atomic E-state index is 0.0187. The van der Waals surface area contributed by atoms with Crippen LogP contribution in [0.3, 0.4) is 0 Å². The van der Waals surface area contributed by atoms with Gasteiger partial charge in [-0.05, 0) is 43.5 Å². The number of ether oxygens (including phenoxy) is 1. The Labute approximate surface area is 182 Å². The molecule has 8 heteroatoms. The fourth-order valence-electron chi connectivity index (χ4n) is 3.83. The summed E-state index contributed by atoms with van der Waals surface area (Å²) < 4.78 is 31.3. The molecule has 1 aliphatic rings. The van der Waals surface area contributed by atoms with E-state index in [1.54, 1.807) is 10.7 Å². The van der Waals surface area contributed by atoms with Crippen LogP contribution in [0.1, 0.15) is 23.6 Å². The van der Waals surface area contributed by atoms with Crippen molar-refractivity contribution >= 4 is 21.6 Å². The molecule has 1 aromatic heterocycles. The van der Waals surface area contributed by atoms with Crippen molar-refractivity contribution in [2.24, 2.45) is 0 Å². The Hall–Kier alpha value is -3.13. The summed E-state index contributed by atoms with van der Waals surface area (Å²) in [5.74, 6) is 0.912. The number of rotatable bonds is 6. The molecular weight excluding hydrogens is 414 g/mol. The van der Waals surface area contributed by atoms with Crippen molar-refractivity contribution in [3.63, 3.8) is 0 Å². The highest BCUT2D eigenvalue weighted by atomic mass is 32.2. The van der Waals surface area contributed by atoms with Gasteiger partial charge in [-0.2, -0.15) is 5.10 Å². The molecule has 2 aromatic carbocycles. The van der Waals surface area contributed by atoms with Crippen LogP contribution in [0.2, 0.25) is 0 Å². The molecule has 1 fully saturated rings. The van der Waals surface area contributed by atoms with Gasteiger partial charge in [-0.25, -0.2) is 13.1 Å². The summed E-state index contributed by atoms with van der Waals surface area (Å²) in [6, 6.07) is 16.8. The van der Waals surface area contributed by atoms with Gasteiger partial charge in [-0.1, -0.05) is 36.4 Å². The second-order valence-electron chi connectivity index (χ2n) is 7.94. The van der Waals surface area contributed by atoms with Crippen LogP contribution in [-0.2, 0) is 14.6 Å². The Morgan fingerprint density at radius 1 is 1.13 bits per heavy atom. The van der Waals surface area contributed by atoms with Crippen LogP contribution in [0.25, 0.3) is 11.3 Å². The predicted octanol–water partition coefficient (Wildman–Crippen LogP) is 3.54. The maximum absolute atomic E-state index is 12.6. The fourth-order valence-corrected chi connectivity index (χ4v) is 5.52. The standard InChI is InChI=1S/C23H25N3O4S/c1-16-10-17(2)12-20(11-16)30-14-23(27)24-22-13-21(18-6-4-3-5-7-18)25-26(22)19-8-9-31(28,29)15-19/h3-7,10-13,19H,8-9,14-15H2,1-2H3,(H,24,27)/t19-/m0/s1. The molecule has 1 atom stereocenters. The molecule has 1 aliphatic heterocycles. The highest BCUT2D eigenvalue weighted by Gasteiger charge is 2.31. The molecule has 162 valence electrons. The lowest BCUT2D eigenvalue weighted by molar-refractivity contribution is -0.118. The topological polar surface area (TPSA) is 90.3 Å². The molecular formula is C23H25N3O4S. The molecule has 0 unspecified atom stereocenters. The third-order valence-corrected chi connectivity index (χ3v) is 6.94. The Bertz CT molecular complexity index is 1180.